The number of nitrogens with zero attached hydrogens (tertiary/aromatic N) is 1. The van der Waals surface area contributed by atoms with E-state index in [-0.39, 0.29) is 21.2 Å². The van der Waals surface area contributed by atoms with Crippen molar-refractivity contribution in [2.45, 2.75) is 29.0 Å². The van der Waals surface area contributed by atoms with Crippen molar-refractivity contribution in [1.29, 1.82) is 0 Å². The van der Waals surface area contributed by atoms with Gasteiger partial charge in [0.15, 0.2) is 0 Å². The Morgan fingerprint density at radius 2 is 1.87 bits per heavy atom. The number of carbonyl (C=O) groups is 1. The molecular weight excluding hydrogens is 462 g/mol. The Labute approximate surface area is 186 Å². The van der Waals surface area contributed by atoms with Crippen molar-refractivity contribution in [3.8, 4) is 0 Å². The number of amides is 1. The molecule has 2 aromatic rings. The first-order valence-corrected chi connectivity index (χ1v) is 13.5. The monoisotopic (exact) mass is 487 g/mol. The Bertz CT molecular complexity index is 1120. The van der Waals surface area contributed by atoms with Gasteiger partial charge < -0.3 is 10.1 Å². The molecular formula is C19H25N3O6S3. The van der Waals surface area contributed by atoms with Crippen LogP contribution in [0.5, 0.6) is 0 Å². The molecule has 1 saturated heterocycles. The van der Waals surface area contributed by atoms with E-state index in [4.69, 9.17) is 4.74 Å². The SMILES string of the molecule is CCCNS(=O)(=O)c1cccc(C(=O)NCc2ccc(S(=O)(=O)N3CCOCC3)s2)c1. The van der Waals surface area contributed by atoms with Crippen molar-refractivity contribution >= 4 is 37.3 Å². The summed E-state index contributed by atoms with van der Waals surface area (Å²) >= 11 is 1.10. The van der Waals surface area contributed by atoms with Crippen molar-refractivity contribution in [2.75, 3.05) is 32.8 Å². The van der Waals surface area contributed by atoms with Crippen LogP contribution in [0.25, 0.3) is 0 Å². The molecule has 1 aliphatic rings. The minimum Gasteiger partial charge on any atom is -0.379 e. The molecule has 1 amide bonds. The van der Waals surface area contributed by atoms with E-state index in [1.165, 1.54) is 34.6 Å². The quantitative estimate of drug-likeness (QED) is 0.551. The number of sulfonamides is 2. The maximum Gasteiger partial charge on any atom is 0.252 e. The van der Waals surface area contributed by atoms with Crippen LogP contribution in [-0.4, -0.2) is 59.9 Å². The lowest BCUT2D eigenvalue weighted by atomic mass is 10.2. The molecule has 0 bridgehead atoms. The fourth-order valence-corrected chi connectivity index (χ4v) is 6.94. The first kappa shape index (κ1) is 23.8. The summed E-state index contributed by atoms with van der Waals surface area (Å²) < 4.78 is 59.2. The molecule has 0 saturated carbocycles. The van der Waals surface area contributed by atoms with Crippen LogP contribution in [0.15, 0.2) is 45.5 Å². The predicted octanol–water partition coefficient (Wildman–Crippen LogP) is 1.39. The van der Waals surface area contributed by atoms with Crippen LogP contribution in [0.1, 0.15) is 28.6 Å². The minimum absolute atomic E-state index is 0.0172. The van der Waals surface area contributed by atoms with Gasteiger partial charge in [0.1, 0.15) is 4.21 Å². The van der Waals surface area contributed by atoms with Crippen molar-refractivity contribution < 1.29 is 26.4 Å². The highest BCUT2D eigenvalue weighted by Gasteiger charge is 2.27. The van der Waals surface area contributed by atoms with Gasteiger partial charge in [0.05, 0.1) is 24.7 Å². The predicted molar refractivity (Wildman–Crippen MR) is 117 cm³/mol. The molecule has 0 aliphatic carbocycles. The zero-order chi connectivity index (χ0) is 22.5. The van der Waals surface area contributed by atoms with E-state index in [0.717, 1.165) is 11.3 Å². The number of ether oxygens (including phenoxy) is 1. The maximum absolute atomic E-state index is 12.7. The molecule has 0 radical (unpaired) electrons. The van der Waals surface area contributed by atoms with Crippen LogP contribution in [-0.2, 0) is 31.3 Å². The maximum atomic E-state index is 12.7. The summed E-state index contributed by atoms with van der Waals surface area (Å²) in [6, 6.07) is 8.97. The molecule has 0 unspecified atom stereocenters. The largest absolute Gasteiger partial charge is 0.379 e. The van der Waals surface area contributed by atoms with Gasteiger partial charge in [0.2, 0.25) is 10.0 Å². The number of rotatable bonds is 9. The molecule has 3 rings (SSSR count). The molecule has 1 aromatic carbocycles. The highest BCUT2D eigenvalue weighted by atomic mass is 32.2. The van der Waals surface area contributed by atoms with Crippen LogP contribution in [0.4, 0.5) is 0 Å². The van der Waals surface area contributed by atoms with Crippen molar-refractivity contribution in [1.82, 2.24) is 14.3 Å². The van der Waals surface area contributed by atoms with Crippen molar-refractivity contribution in [2.24, 2.45) is 0 Å². The first-order valence-electron chi connectivity index (χ1n) is 9.78. The van der Waals surface area contributed by atoms with Crippen LogP contribution in [0, 0.1) is 0 Å². The third-order valence-corrected chi connectivity index (χ3v) is 9.48. The van der Waals surface area contributed by atoms with Crippen LogP contribution in [0.2, 0.25) is 0 Å². The molecule has 9 nitrogen and oxygen atoms in total. The van der Waals surface area contributed by atoms with Gasteiger partial charge in [-0.2, -0.15) is 4.31 Å². The van der Waals surface area contributed by atoms with Gasteiger partial charge >= 0.3 is 0 Å². The highest BCUT2D eigenvalue weighted by molar-refractivity contribution is 7.91. The van der Waals surface area contributed by atoms with Gasteiger partial charge in [0, 0.05) is 30.1 Å². The van der Waals surface area contributed by atoms with E-state index in [1.54, 1.807) is 6.07 Å². The fraction of sp³-hybridized carbons (Fsp3) is 0.421. The first-order chi connectivity index (χ1) is 14.7. The van der Waals surface area contributed by atoms with E-state index in [9.17, 15) is 21.6 Å². The summed E-state index contributed by atoms with van der Waals surface area (Å²) in [5.74, 6) is -0.446. The minimum atomic E-state index is -3.68. The second-order valence-corrected chi connectivity index (χ2v) is 11.9. The second-order valence-electron chi connectivity index (χ2n) is 6.85. The molecule has 2 heterocycles. The Morgan fingerprint density at radius 3 is 2.58 bits per heavy atom. The van der Waals surface area contributed by atoms with Gasteiger partial charge in [0.25, 0.3) is 15.9 Å². The van der Waals surface area contributed by atoms with Gasteiger partial charge in [-0.15, -0.1) is 11.3 Å². The number of benzene rings is 1. The Balaban J connectivity index is 1.65. The summed E-state index contributed by atoms with van der Waals surface area (Å²) in [4.78, 5) is 13.2. The lowest BCUT2D eigenvalue weighted by Crippen LogP contribution is -2.40. The van der Waals surface area contributed by atoms with E-state index >= 15 is 0 Å². The highest BCUT2D eigenvalue weighted by Crippen LogP contribution is 2.25. The third kappa shape index (κ3) is 5.90. The third-order valence-electron chi connectivity index (χ3n) is 4.57. The lowest BCUT2D eigenvalue weighted by Gasteiger charge is -2.25. The zero-order valence-electron chi connectivity index (χ0n) is 17.0. The average Bonchev–Trinajstić information content (AvgIpc) is 3.27. The number of carbonyl (C=O) groups excluding carboxylic acids is 1. The summed E-state index contributed by atoms with van der Waals surface area (Å²) in [7, 11) is -7.25. The molecule has 0 atom stereocenters. The lowest BCUT2D eigenvalue weighted by molar-refractivity contribution is 0.0731. The molecule has 0 spiro atoms. The van der Waals surface area contributed by atoms with Gasteiger partial charge in [-0.3, -0.25) is 4.79 Å². The summed E-state index contributed by atoms with van der Waals surface area (Å²) in [5.41, 5.74) is 0.206. The summed E-state index contributed by atoms with van der Waals surface area (Å²) in [5, 5.41) is 2.71. The average molecular weight is 488 g/mol. The number of thiophene rings is 1. The zero-order valence-corrected chi connectivity index (χ0v) is 19.5. The number of nitrogens with one attached hydrogen (secondary N) is 2. The summed E-state index contributed by atoms with van der Waals surface area (Å²) in [6.07, 6.45) is 0.656. The van der Waals surface area contributed by atoms with Gasteiger partial charge in [-0.05, 0) is 36.8 Å². The van der Waals surface area contributed by atoms with Crippen LogP contribution >= 0.6 is 11.3 Å². The topological polar surface area (TPSA) is 122 Å². The smallest absolute Gasteiger partial charge is 0.252 e. The number of hydrogen-bond acceptors (Lipinski definition) is 7. The van der Waals surface area contributed by atoms with E-state index in [2.05, 4.69) is 10.0 Å². The molecule has 31 heavy (non-hydrogen) atoms. The van der Waals surface area contributed by atoms with Gasteiger partial charge in [-0.1, -0.05) is 13.0 Å². The number of morpholine rings is 1. The second kappa shape index (κ2) is 10.2. The van der Waals surface area contributed by atoms with Gasteiger partial charge in [-0.25, -0.2) is 21.6 Å². The van der Waals surface area contributed by atoms with E-state index in [0.29, 0.717) is 44.1 Å². The van der Waals surface area contributed by atoms with E-state index in [1.807, 2.05) is 6.92 Å². The molecule has 170 valence electrons. The Kier molecular flexibility index (Phi) is 7.83. The molecule has 1 aliphatic heterocycles. The summed E-state index contributed by atoms with van der Waals surface area (Å²) in [6.45, 7) is 3.68. The fourth-order valence-electron chi connectivity index (χ4n) is 2.90. The Hall–Kier alpha value is -1.83. The molecule has 2 N–H and O–H groups in total. The normalized spacial score (nSPS) is 15.6. The van der Waals surface area contributed by atoms with Crippen LogP contribution in [0.3, 0.4) is 0 Å². The Morgan fingerprint density at radius 1 is 1.13 bits per heavy atom. The standard InChI is InChI=1S/C19H25N3O6S3/c1-2-8-21-30(24,25)17-5-3-4-15(13-17)19(23)20-14-16-6-7-18(29-16)31(26,27)22-9-11-28-12-10-22/h3-7,13,21H,2,8-12,14H2,1H3,(H,20,23). The molecule has 1 aromatic heterocycles. The van der Waals surface area contributed by atoms with Crippen molar-refractivity contribution in [3.63, 3.8) is 0 Å². The molecule has 12 heteroatoms. The van der Waals surface area contributed by atoms with E-state index < -0.39 is 26.0 Å². The number of hydrogen-bond donors (Lipinski definition) is 2. The van der Waals surface area contributed by atoms with Crippen LogP contribution < -0.4 is 10.0 Å². The molecule has 1 fully saturated rings. The van der Waals surface area contributed by atoms with Crippen molar-refractivity contribution in [3.05, 3.63) is 46.8 Å².